The van der Waals surface area contributed by atoms with Gasteiger partial charge in [-0.1, -0.05) is 37.5 Å². The van der Waals surface area contributed by atoms with E-state index in [1.165, 1.54) is 32.1 Å². The van der Waals surface area contributed by atoms with E-state index in [0.29, 0.717) is 5.92 Å². The summed E-state index contributed by atoms with van der Waals surface area (Å²) in [6, 6.07) is 12.1. The fourth-order valence-electron chi connectivity index (χ4n) is 3.95. The van der Waals surface area contributed by atoms with Crippen molar-refractivity contribution in [2.45, 2.75) is 32.1 Å². The number of aromatic amines is 1. The van der Waals surface area contributed by atoms with Crippen LogP contribution < -0.4 is 9.47 Å². The molecule has 0 unspecified atom stereocenters. The van der Waals surface area contributed by atoms with Gasteiger partial charge in [0.05, 0.1) is 30.8 Å². The average Bonchev–Trinajstić information content (AvgIpc) is 3.14. The lowest BCUT2D eigenvalue weighted by Gasteiger charge is -2.17. The van der Waals surface area contributed by atoms with Gasteiger partial charge < -0.3 is 14.5 Å². The van der Waals surface area contributed by atoms with Crippen LogP contribution in [0.1, 0.15) is 37.9 Å². The molecule has 1 heterocycles. The third-order valence-corrected chi connectivity index (χ3v) is 5.39. The molecular weight excluding hydrogens is 336 g/mol. The van der Waals surface area contributed by atoms with Gasteiger partial charge in [-0.05, 0) is 54.7 Å². The fraction of sp³-hybridized carbons (Fsp3) is 0.348. The standard InChI is InChI=1S/C23H26N2O2/c1-26-20-9-6-10-21(27-2)23(20)17-12-13-18-19(15-17)25-22(24-18)14-11-16-7-4-3-5-8-16/h6,9-16H,3-5,7-8H2,1-2H3,(H,24,25)/b14-11+. The second-order valence-corrected chi connectivity index (χ2v) is 7.15. The van der Waals surface area contributed by atoms with Crippen LogP contribution in [-0.2, 0) is 0 Å². The quantitative estimate of drug-likeness (QED) is 0.620. The summed E-state index contributed by atoms with van der Waals surface area (Å²) in [5.74, 6) is 3.20. The van der Waals surface area contributed by atoms with Gasteiger partial charge in [0, 0.05) is 0 Å². The maximum Gasteiger partial charge on any atom is 0.130 e. The Morgan fingerprint density at radius 1 is 1.00 bits per heavy atom. The summed E-state index contributed by atoms with van der Waals surface area (Å²) in [6.45, 7) is 0. The molecule has 2 aromatic carbocycles. The first kappa shape index (κ1) is 17.7. The Kier molecular flexibility index (Phi) is 5.14. The molecule has 1 fully saturated rings. The Hall–Kier alpha value is -2.75. The Labute approximate surface area is 160 Å². The average molecular weight is 362 g/mol. The van der Waals surface area contributed by atoms with Gasteiger partial charge in [0.1, 0.15) is 17.3 Å². The van der Waals surface area contributed by atoms with Crippen molar-refractivity contribution in [3.8, 4) is 22.6 Å². The number of imidazole rings is 1. The van der Waals surface area contributed by atoms with Crippen molar-refractivity contribution >= 4 is 17.1 Å². The number of aromatic nitrogens is 2. The van der Waals surface area contributed by atoms with Gasteiger partial charge in [0.2, 0.25) is 0 Å². The predicted molar refractivity (Wildman–Crippen MR) is 110 cm³/mol. The smallest absolute Gasteiger partial charge is 0.130 e. The van der Waals surface area contributed by atoms with Crippen LogP contribution in [0.4, 0.5) is 0 Å². The highest BCUT2D eigenvalue weighted by Crippen LogP contribution is 2.39. The number of benzene rings is 2. The van der Waals surface area contributed by atoms with Gasteiger partial charge in [0.15, 0.2) is 0 Å². The highest BCUT2D eigenvalue weighted by molar-refractivity contribution is 5.86. The lowest BCUT2D eigenvalue weighted by molar-refractivity contribution is 0.397. The molecule has 0 spiro atoms. The number of nitrogens with zero attached hydrogens (tertiary/aromatic N) is 1. The highest BCUT2D eigenvalue weighted by atomic mass is 16.5. The van der Waals surface area contributed by atoms with E-state index in [1.807, 2.05) is 24.3 Å². The molecule has 3 aromatic rings. The topological polar surface area (TPSA) is 47.1 Å². The zero-order chi connectivity index (χ0) is 18.6. The van der Waals surface area contributed by atoms with E-state index in [-0.39, 0.29) is 0 Å². The zero-order valence-electron chi connectivity index (χ0n) is 16.0. The van der Waals surface area contributed by atoms with Crippen molar-refractivity contribution in [2.75, 3.05) is 14.2 Å². The molecule has 4 heteroatoms. The molecule has 0 amide bonds. The second kappa shape index (κ2) is 7.87. The van der Waals surface area contributed by atoms with Crippen molar-refractivity contribution in [1.82, 2.24) is 9.97 Å². The van der Waals surface area contributed by atoms with Crippen LogP contribution in [-0.4, -0.2) is 24.2 Å². The summed E-state index contributed by atoms with van der Waals surface area (Å²) >= 11 is 0. The molecule has 140 valence electrons. The molecule has 1 aliphatic rings. The Morgan fingerprint density at radius 3 is 2.44 bits per heavy atom. The lowest BCUT2D eigenvalue weighted by Crippen LogP contribution is -2.02. The summed E-state index contributed by atoms with van der Waals surface area (Å²) < 4.78 is 11.1. The SMILES string of the molecule is COc1cccc(OC)c1-c1ccc2nc(/C=C/C3CCCCC3)[nH]c2c1. The van der Waals surface area contributed by atoms with Crippen LogP contribution in [0.3, 0.4) is 0 Å². The van der Waals surface area contributed by atoms with Gasteiger partial charge in [-0.15, -0.1) is 0 Å². The Balaban J connectivity index is 1.66. The second-order valence-electron chi connectivity index (χ2n) is 7.15. The van der Waals surface area contributed by atoms with Crippen molar-refractivity contribution in [3.63, 3.8) is 0 Å². The number of allylic oxidation sites excluding steroid dienone is 1. The van der Waals surface area contributed by atoms with Crippen LogP contribution in [0.2, 0.25) is 0 Å². The molecule has 4 nitrogen and oxygen atoms in total. The largest absolute Gasteiger partial charge is 0.496 e. The molecule has 0 saturated heterocycles. The van der Waals surface area contributed by atoms with Gasteiger partial charge in [0.25, 0.3) is 0 Å². The summed E-state index contributed by atoms with van der Waals surface area (Å²) in [7, 11) is 3.36. The van der Waals surface area contributed by atoms with Crippen molar-refractivity contribution in [3.05, 3.63) is 48.3 Å². The zero-order valence-corrected chi connectivity index (χ0v) is 16.0. The minimum atomic E-state index is 0.695. The van der Waals surface area contributed by atoms with Crippen LogP contribution in [0.5, 0.6) is 11.5 Å². The van der Waals surface area contributed by atoms with Gasteiger partial charge in [-0.2, -0.15) is 0 Å². The molecule has 1 aromatic heterocycles. The normalized spacial score (nSPS) is 15.5. The predicted octanol–water partition coefficient (Wildman–Crippen LogP) is 5.84. The van der Waals surface area contributed by atoms with E-state index in [1.54, 1.807) is 14.2 Å². The van der Waals surface area contributed by atoms with Crippen molar-refractivity contribution < 1.29 is 9.47 Å². The Bertz CT molecular complexity index is 930. The fourth-order valence-corrected chi connectivity index (χ4v) is 3.95. The summed E-state index contributed by atoms with van der Waals surface area (Å²) in [5.41, 5.74) is 3.99. The number of methoxy groups -OCH3 is 2. The molecule has 1 aliphatic carbocycles. The van der Waals surface area contributed by atoms with E-state index in [4.69, 9.17) is 14.5 Å². The summed E-state index contributed by atoms with van der Waals surface area (Å²) in [5, 5.41) is 0. The first-order valence-corrected chi connectivity index (χ1v) is 9.68. The number of nitrogens with one attached hydrogen (secondary N) is 1. The molecule has 0 atom stereocenters. The molecule has 27 heavy (non-hydrogen) atoms. The van der Waals surface area contributed by atoms with Crippen LogP contribution in [0.25, 0.3) is 28.2 Å². The molecule has 0 radical (unpaired) electrons. The Morgan fingerprint density at radius 2 is 1.74 bits per heavy atom. The third-order valence-electron chi connectivity index (χ3n) is 5.39. The number of hydrogen-bond acceptors (Lipinski definition) is 3. The molecule has 0 aliphatic heterocycles. The molecule has 4 rings (SSSR count). The monoisotopic (exact) mass is 362 g/mol. The molecule has 1 N–H and O–H groups in total. The van der Waals surface area contributed by atoms with E-state index in [0.717, 1.165) is 39.5 Å². The van der Waals surface area contributed by atoms with E-state index in [2.05, 4.69) is 29.3 Å². The number of hydrogen-bond donors (Lipinski definition) is 1. The molecule has 1 saturated carbocycles. The van der Waals surface area contributed by atoms with Gasteiger partial charge in [-0.3, -0.25) is 0 Å². The molecule has 0 bridgehead atoms. The maximum absolute atomic E-state index is 5.55. The first-order valence-electron chi connectivity index (χ1n) is 9.68. The van der Waals surface area contributed by atoms with Crippen LogP contribution in [0.15, 0.2) is 42.5 Å². The minimum absolute atomic E-state index is 0.695. The van der Waals surface area contributed by atoms with Gasteiger partial charge in [-0.25, -0.2) is 4.98 Å². The number of ether oxygens (including phenoxy) is 2. The maximum atomic E-state index is 5.55. The number of H-pyrrole nitrogens is 1. The minimum Gasteiger partial charge on any atom is -0.496 e. The van der Waals surface area contributed by atoms with Crippen LogP contribution in [0, 0.1) is 5.92 Å². The first-order chi connectivity index (χ1) is 13.3. The number of rotatable bonds is 5. The van der Waals surface area contributed by atoms with Crippen molar-refractivity contribution in [1.29, 1.82) is 0 Å². The van der Waals surface area contributed by atoms with E-state index < -0.39 is 0 Å². The summed E-state index contributed by atoms with van der Waals surface area (Å²) in [4.78, 5) is 8.15. The third kappa shape index (κ3) is 3.70. The van der Waals surface area contributed by atoms with E-state index >= 15 is 0 Å². The molecular formula is C23H26N2O2. The number of fused-ring (bicyclic) bond motifs is 1. The lowest BCUT2D eigenvalue weighted by atomic mass is 9.89. The highest BCUT2D eigenvalue weighted by Gasteiger charge is 2.14. The van der Waals surface area contributed by atoms with E-state index in [9.17, 15) is 0 Å². The van der Waals surface area contributed by atoms with Crippen molar-refractivity contribution in [2.24, 2.45) is 5.92 Å². The summed E-state index contributed by atoms with van der Waals surface area (Å²) in [6.07, 6.45) is 11.1. The van der Waals surface area contributed by atoms with Crippen LogP contribution >= 0.6 is 0 Å². The van der Waals surface area contributed by atoms with Gasteiger partial charge >= 0.3 is 0 Å².